The highest BCUT2D eigenvalue weighted by Crippen LogP contribution is 2.32. The van der Waals surface area contributed by atoms with Crippen molar-refractivity contribution in [2.75, 3.05) is 0 Å². The van der Waals surface area contributed by atoms with Gasteiger partial charge in [-0.05, 0) is 42.3 Å². The number of aryl methyl sites for hydroxylation is 1. The quantitative estimate of drug-likeness (QED) is 0.751. The molecule has 0 aliphatic carbocycles. The van der Waals surface area contributed by atoms with E-state index in [9.17, 15) is 9.90 Å². The third kappa shape index (κ3) is 2.56. The summed E-state index contributed by atoms with van der Waals surface area (Å²) in [4.78, 5) is 14.8. The number of nitrogens with zero attached hydrogens (tertiary/aromatic N) is 4. The van der Waals surface area contributed by atoms with Crippen LogP contribution in [-0.4, -0.2) is 26.2 Å². The first-order valence-electron chi connectivity index (χ1n) is 6.83. The highest BCUT2D eigenvalue weighted by atomic mass is 16.3. The van der Waals surface area contributed by atoms with Crippen LogP contribution < -0.4 is 0 Å². The Labute approximate surface area is 132 Å². The molecule has 0 amide bonds. The predicted octanol–water partition coefficient (Wildman–Crippen LogP) is 2.63. The first kappa shape index (κ1) is 14.5. The minimum atomic E-state index is -0.0517. The van der Waals surface area contributed by atoms with E-state index in [1.807, 2.05) is 6.92 Å². The van der Waals surface area contributed by atoms with Crippen LogP contribution in [0.15, 0.2) is 42.7 Å². The number of benzene rings is 1. The van der Waals surface area contributed by atoms with E-state index in [1.54, 1.807) is 36.5 Å². The Kier molecular flexibility index (Phi) is 3.61. The third-order valence-corrected chi connectivity index (χ3v) is 3.51. The van der Waals surface area contributed by atoms with Crippen molar-refractivity contribution < 1.29 is 9.90 Å². The van der Waals surface area contributed by atoms with E-state index in [1.165, 1.54) is 10.9 Å². The zero-order valence-corrected chi connectivity index (χ0v) is 12.3. The largest absolute Gasteiger partial charge is 0.493 e. The van der Waals surface area contributed by atoms with Gasteiger partial charge in [-0.2, -0.15) is 15.0 Å². The lowest BCUT2D eigenvalue weighted by Gasteiger charge is -2.06. The van der Waals surface area contributed by atoms with Crippen LogP contribution in [0.5, 0.6) is 5.88 Å². The topological polar surface area (TPSA) is 91.8 Å². The van der Waals surface area contributed by atoms with Crippen LogP contribution in [0, 0.1) is 18.3 Å². The maximum Gasteiger partial charge on any atom is 0.223 e. The van der Waals surface area contributed by atoms with E-state index in [2.05, 4.69) is 16.2 Å². The van der Waals surface area contributed by atoms with Crippen LogP contribution in [0.1, 0.15) is 21.5 Å². The van der Waals surface area contributed by atoms with Gasteiger partial charge in [0, 0.05) is 11.8 Å². The molecule has 23 heavy (non-hydrogen) atoms. The summed E-state index contributed by atoms with van der Waals surface area (Å²) in [5, 5.41) is 23.5. The molecule has 112 valence electrons. The Morgan fingerprint density at radius 3 is 2.65 bits per heavy atom. The number of aromatic nitrogens is 3. The van der Waals surface area contributed by atoms with Crippen molar-refractivity contribution in [2.24, 2.45) is 0 Å². The summed E-state index contributed by atoms with van der Waals surface area (Å²) in [6, 6.07) is 10.5. The monoisotopic (exact) mass is 304 g/mol. The summed E-state index contributed by atoms with van der Waals surface area (Å²) in [6.07, 6.45) is 3.65. The summed E-state index contributed by atoms with van der Waals surface area (Å²) in [6.45, 7) is 1.87. The fraction of sp³-hybridized carbons (Fsp3) is 0.0588. The molecule has 6 nitrogen and oxygen atoms in total. The normalized spacial score (nSPS) is 10.3. The van der Waals surface area contributed by atoms with Gasteiger partial charge in [0.2, 0.25) is 5.88 Å². The number of pyridine rings is 1. The average molecular weight is 304 g/mol. The summed E-state index contributed by atoms with van der Waals surface area (Å²) in [7, 11) is 0. The molecule has 0 atom stereocenters. The fourth-order valence-corrected chi connectivity index (χ4v) is 2.33. The number of carbonyl (C=O) groups is 1. The van der Waals surface area contributed by atoms with Crippen LogP contribution in [0.2, 0.25) is 0 Å². The highest BCUT2D eigenvalue weighted by molar-refractivity contribution is 5.74. The van der Waals surface area contributed by atoms with Crippen molar-refractivity contribution in [1.82, 2.24) is 14.8 Å². The molecule has 0 aliphatic rings. The minimum Gasteiger partial charge on any atom is -0.493 e. The minimum absolute atomic E-state index is 0.0517. The van der Waals surface area contributed by atoms with Crippen molar-refractivity contribution in [1.29, 1.82) is 5.26 Å². The molecule has 6 heteroatoms. The molecule has 3 aromatic rings. The fourth-order valence-electron chi connectivity index (χ4n) is 2.33. The number of carbonyl (C=O) groups excluding carboxylic acids is 1. The maximum absolute atomic E-state index is 10.7. The molecule has 0 bridgehead atoms. The second-order valence-electron chi connectivity index (χ2n) is 5.00. The van der Waals surface area contributed by atoms with Gasteiger partial charge in [0.15, 0.2) is 12.1 Å². The van der Waals surface area contributed by atoms with Gasteiger partial charge in [0.05, 0.1) is 23.4 Å². The van der Waals surface area contributed by atoms with Crippen molar-refractivity contribution in [3.05, 3.63) is 59.4 Å². The van der Waals surface area contributed by atoms with Crippen LogP contribution in [0.3, 0.4) is 0 Å². The Bertz CT molecular complexity index is 921. The summed E-state index contributed by atoms with van der Waals surface area (Å²) in [5.74, 6) is 0.356. The number of hydrogen-bond donors (Lipinski definition) is 1. The Balaban J connectivity index is 2.05. The molecule has 3 rings (SSSR count). The molecule has 0 fully saturated rings. The molecule has 0 radical (unpaired) electrons. The van der Waals surface area contributed by atoms with Gasteiger partial charge in [0.1, 0.15) is 0 Å². The lowest BCUT2D eigenvalue weighted by molar-refractivity contribution is 0.112. The lowest BCUT2D eigenvalue weighted by Crippen LogP contribution is -1.99. The summed E-state index contributed by atoms with van der Waals surface area (Å²) < 4.78 is 1.29. The molecule has 2 heterocycles. The van der Waals surface area contributed by atoms with E-state index in [0.29, 0.717) is 28.8 Å². The summed E-state index contributed by atoms with van der Waals surface area (Å²) >= 11 is 0. The van der Waals surface area contributed by atoms with Gasteiger partial charge >= 0.3 is 0 Å². The average Bonchev–Trinajstić information content (AvgIpc) is 2.96. The highest BCUT2D eigenvalue weighted by Gasteiger charge is 2.15. The SMILES string of the molecule is Cc1cc(C#N)ccc1-c1cnn(-c2ccc(C=O)cn2)c1O. The number of aromatic hydroxyl groups is 1. The molecule has 0 saturated carbocycles. The van der Waals surface area contributed by atoms with E-state index in [0.717, 1.165) is 11.1 Å². The predicted molar refractivity (Wildman–Crippen MR) is 83.3 cm³/mol. The zero-order valence-electron chi connectivity index (χ0n) is 12.3. The smallest absolute Gasteiger partial charge is 0.223 e. The number of nitriles is 1. The van der Waals surface area contributed by atoms with Crippen molar-refractivity contribution in [2.45, 2.75) is 6.92 Å². The number of aldehydes is 1. The molecule has 1 aromatic carbocycles. The molecular formula is C17H12N4O2. The standard InChI is InChI=1S/C17H12N4O2/c1-11-6-12(7-18)2-4-14(11)15-9-20-21(17(15)23)16-5-3-13(10-22)8-19-16/h2-6,8-10,23H,1H3. The van der Waals surface area contributed by atoms with Crippen molar-refractivity contribution >= 4 is 6.29 Å². The maximum atomic E-state index is 10.7. The Morgan fingerprint density at radius 1 is 1.22 bits per heavy atom. The molecule has 0 spiro atoms. The third-order valence-electron chi connectivity index (χ3n) is 3.51. The van der Waals surface area contributed by atoms with E-state index < -0.39 is 0 Å². The van der Waals surface area contributed by atoms with Gasteiger partial charge in [0.25, 0.3) is 0 Å². The van der Waals surface area contributed by atoms with Crippen LogP contribution in [0.4, 0.5) is 0 Å². The van der Waals surface area contributed by atoms with Gasteiger partial charge in [-0.15, -0.1) is 0 Å². The lowest BCUT2D eigenvalue weighted by atomic mass is 10.0. The molecule has 1 N–H and O–H groups in total. The Morgan fingerprint density at radius 2 is 2.04 bits per heavy atom. The zero-order chi connectivity index (χ0) is 16.4. The Hall–Kier alpha value is -3.46. The second-order valence-corrected chi connectivity index (χ2v) is 5.00. The van der Waals surface area contributed by atoms with Gasteiger partial charge < -0.3 is 5.11 Å². The molecule has 0 saturated heterocycles. The summed E-state index contributed by atoms with van der Waals surface area (Å²) in [5.41, 5.74) is 3.21. The van der Waals surface area contributed by atoms with Gasteiger partial charge in [-0.1, -0.05) is 6.07 Å². The van der Waals surface area contributed by atoms with Crippen LogP contribution >= 0.6 is 0 Å². The van der Waals surface area contributed by atoms with Gasteiger partial charge in [-0.3, -0.25) is 4.79 Å². The van der Waals surface area contributed by atoms with E-state index in [-0.39, 0.29) is 5.88 Å². The van der Waals surface area contributed by atoms with E-state index >= 15 is 0 Å². The van der Waals surface area contributed by atoms with Crippen LogP contribution in [0.25, 0.3) is 16.9 Å². The van der Waals surface area contributed by atoms with Crippen molar-refractivity contribution in [3.63, 3.8) is 0 Å². The molecule has 0 aliphatic heterocycles. The number of hydrogen-bond acceptors (Lipinski definition) is 5. The molecular weight excluding hydrogens is 292 g/mol. The first-order valence-corrected chi connectivity index (χ1v) is 6.83. The first-order chi connectivity index (χ1) is 11.1. The van der Waals surface area contributed by atoms with Crippen LogP contribution in [-0.2, 0) is 0 Å². The number of rotatable bonds is 3. The van der Waals surface area contributed by atoms with E-state index in [4.69, 9.17) is 5.26 Å². The van der Waals surface area contributed by atoms with Crippen molar-refractivity contribution in [3.8, 4) is 28.9 Å². The van der Waals surface area contributed by atoms with Gasteiger partial charge in [-0.25, -0.2) is 4.98 Å². The molecule has 2 aromatic heterocycles. The second kappa shape index (κ2) is 5.73. The molecule has 0 unspecified atom stereocenters.